The first-order valence-electron chi connectivity index (χ1n) is 7.60. The summed E-state index contributed by atoms with van der Waals surface area (Å²) >= 11 is 0. The molecule has 0 aliphatic rings. The number of imidazole rings is 1. The van der Waals surface area contributed by atoms with Gasteiger partial charge in [-0.1, -0.05) is 13.3 Å². The van der Waals surface area contributed by atoms with Gasteiger partial charge in [-0.2, -0.15) is 0 Å². The molecular formula is C16H20N2O5. The third-order valence-electron chi connectivity index (χ3n) is 3.24. The molecule has 0 fully saturated rings. The summed E-state index contributed by atoms with van der Waals surface area (Å²) in [5.74, 6) is 1.45. The number of hydrogen-bond donors (Lipinski definition) is 0. The number of hydrogen-bond acceptors (Lipinski definition) is 6. The normalized spacial score (nSPS) is 10.5. The van der Waals surface area contributed by atoms with Crippen LogP contribution in [0.5, 0.6) is 5.95 Å². The maximum atomic E-state index is 11.2. The number of aldehydes is 1. The van der Waals surface area contributed by atoms with Crippen LogP contribution in [0.25, 0.3) is 0 Å². The zero-order valence-corrected chi connectivity index (χ0v) is 13.3. The smallest absolute Gasteiger partial charge is 0.434 e. The van der Waals surface area contributed by atoms with Crippen LogP contribution in [-0.2, 0) is 17.7 Å². The van der Waals surface area contributed by atoms with Crippen LogP contribution in [0.2, 0.25) is 0 Å². The van der Waals surface area contributed by atoms with E-state index in [9.17, 15) is 9.59 Å². The molecule has 7 heteroatoms. The van der Waals surface area contributed by atoms with Crippen molar-refractivity contribution in [3.8, 4) is 5.95 Å². The summed E-state index contributed by atoms with van der Waals surface area (Å²) in [5, 5.41) is 0. The van der Waals surface area contributed by atoms with Crippen LogP contribution < -0.4 is 4.74 Å². The van der Waals surface area contributed by atoms with Crippen molar-refractivity contribution in [1.29, 1.82) is 0 Å². The Kier molecular flexibility index (Phi) is 5.96. The Morgan fingerprint density at radius 3 is 2.91 bits per heavy atom. The van der Waals surface area contributed by atoms with Crippen molar-refractivity contribution < 1.29 is 23.5 Å². The molecule has 0 saturated carbocycles. The van der Waals surface area contributed by atoms with Crippen molar-refractivity contribution in [2.45, 2.75) is 39.7 Å². The van der Waals surface area contributed by atoms with Crippen molar-refractivity contribution in [2.24, 2.45) is 0 Å². The molecule has 2 aromatic heterocycles. The van der Waals surface area contributed by atoms with Gasteiger partial charge in [0.15, 0.2) is 6.29 Å². The Labute approximate surface area is 134 Å². The van der Waals surface area contributed by atoms with E-state index in [1.165, 1.54) is 6.07 Å². The average Bonchev–Trinajstić information content (AvgIpc) is 3.13. The summed E-state index contributed by atoms with van der Waals surface area (Å²) in [6.45, 7) is 4.36. The number of nitrogens with zero attached hydrogens (tertiary/aromatic N) is 2. The highest BCUT2D eigenvalue weighted by molar-refractivity contribution is 5.71. The van der Waals surface area contributed by atoms with Crippen molar-refractivity contribution >= 4 is 12.4 Å². The quantitative estimate of drug-likeness (QED) is 0.548. The highest BCUT2D eigenvalue weighted by Crippen LogP contribution is 2.19. The van der Waals surface area contributed by atoms with Gasteiger partial charge in [0.2, 0.25) is 0 Å². The summed E-state index contributed by atoms with van der Waals surface area (Å²) in [5.41, 5.74) is 0.486. The molecule has 124 valence electrons. The lowest BCUT2D eigenvalue weighted by atomic mass is 10.2. The standard InChI is InChI=1S/C16H20N2O5/c1-3-5-6-14-17-9-12(11-19)18(14)10-13-7-8-15(22-13)23-16(20)21-4-2/h7-9,11H,3-6,10H2,1-2H3. The molecule has 0 aromatic carbocycles. The van der Waals surface area contributed by atoms with Crippen LogP contribution in [0.1, 0.15) is 48.8 Å². The van der Waals surface area contributed by atoms with Gasteiger partial charge in [0, 0.05) is 12.5 Å². The van der Waals surface area contributed by atoms with Crippen molar-refractivity contribution in [3.05, 3.63) is 35.6 Å². The fraction of sp³-hybridized carbons (Fsp3) is 0.438. The first kappa shape index (κ1) is 16.8. The Balaban J connectivity index is 2.10. The number of furan rings is 1. The Bertz CT molecular complexity index is 659. The van der Waals surface area contributed by atoms with Crippen LogP contribution in [0.4, 0.5) is 4.79 Å². The van der Waals surface area contributed by atoms with E-state index >= 15 is 0 Å². The lowest BCUT2D eigenvalue weighted by Gasteiger charge is -2.07. The second-order valence-electron chi connectivity index (χ2n) is 4.91. The molecule has 0 saturated heterocycles. The Morgan fingerprint density at radius 1 is 1.39 bits per heavy atom. The molecule has 0 spiro atoms. The van der Waals surface area contributed by atoms with Crippen molar-refractivity contribution in [3.63, 3.8) is 0 Å². The van der Waals surface area contributed by atoms with Gasteiger partial charge in [0.1, 0.15) is 17.3 Å². The summed E-state index contributed by atoms with van der Waals surface area (Å²) < 4.78 is 16.8. The van der Waals surface area contributed by atoms with E-state index in [0.717, 1.165) is 31.4 Å². The predicted molar refractivity (Wildman–Crippen MR) is 81.7 cm³/mol. The molecule has 0 atom stereocenters. The van der Waals surface area contributed by atoms with Crippen LogP contribution >= 0.6 is 0 Å². The topological polar surface area (TPSA) is 83.6 Å². The average molecular weight is 320 g/mol. The van der Waals surface area contributed by atoms with Gasteiger partial charge in [-0.3, -0.25) is 4.79 Å². The third kappa shape index (κ3) is 4.45. The lowest BCUT2D eigenvalue weighted by molar-refractivity contribution is 0.0942. The van der Waals surface area contributed by atoms with Gasteiger partial charge in [0.05, 0.1) is 19.3 Å². The van der Waals surface area contributed by atoms with Gasteiger partial charge in [-0.15, -0.1) is 0 Å². The second kappa shape index (κ2) is 8.17. The zero-order chi connectivity index (χ0) is 16.7. The first-order valence-corrected chi connectivity index (χ1v) is 7.60. The van der Waals surface area contributed by atoms with E-state index < -0.39 is 6.16 Å². The minimum absolute atomic E-state index is 0.0568. The monoisotopic (exact) mass is 320 g/mol. The second-order valence-corrected chi connectivity index (χ2v) is 4.91. The molecule has 7 nitrogen and oxygen atoms in total. The molecule has 23 heavy (non-hydrogen) atoms. The molecule has 0 N–H and O–H groups in total. The van der Waals surface area contributed by atoms with Crippen LogP contribution in [0, 0.1) is 0 Å². The number of unbranched alkanes of at least 4 members (excludes halogenated alkanes) is 1. The van der Waals surface area contributed by atoms with E-state index in [0.29, 0.717) is 18.0 Å². The molecule has 0 bridgehead atoms. The van der Waals surface area contributed by atoms with Crippen LogP contribution in [0.15, 0.2) is 22.7 Å². The molecule has 0 aliphatic carbocycles. The minimum Gasteiger partial charge on any atom is -0.434 e. The highest BCUT2D eigenvalue weighted by Gasteiger charge is 2.14. The molecule has 2 aromatic rings. The summed E-state index contributed by atoms with van der Waals surface area (Å²) in [4.78, 5) is 26.7. The molecule has 0 unspecified atom stereocenters. The SMILES string of the molecule is CCCCc1ncc(C=O)n1Cc1ccc(OC(=O)OCC)o1. The van der Waals surface area contributed by atoms with E-state index in [4.69, 9.17) is 9.15 Å². The number of aromatic nitrogens is 2. The fourth-order valence-corrected chi connectivity index (χ4v) is 2.12. The largest absolute Gasteiger partial charge is 0.516 e. The predicted octanol–water partition coefficient (Wildman–Crippen LogP) is 3.21. The molecule has 2 heterocycles. The van der Waals surface area contributed by atoms with Gasteiger partial charge in [-0.25, -0.2) is 9.78 Å². The molecule has 0 aliphatic heterocycles. The van der Waals surface area contributed by atoms with Gasteiger partial charge in [-0.05, 0) is 19.4 Å². The van der Waals surface area contributed by atoms with Crippen LogP contribution in [-0.4, -0.2) is 28.6 Å². The van der Waals surface area contributed by atoms with Crippen molar-refractivity contribution in [2.75, 3.05) is 6.61 Å². The maximum Gasteiger partial charge on any atom is 0.516 e. The van der Waals surface area contributed by atoms with E-state index in [1.54, 1.807) is 23.8 Å². The van der Waals surface area contributed by atoms with Crippen molar-refractivity contribution in [1.82, 2.24) is 9.55 Å². The number of rotatable bonds is 8. The maximum absolute atomic E-state index is 11.2. The summed E-state index contributed by atoms with van der Waals surface area (Å²) in [7, 11) is 0. The molecule has 0 amide bonds. The minimum atomic E-state index is -0.812. The van der Waals surface area contributed by atoms with E-state index in [1.807, 2.05) is 0 Å². The van der Waals surface area contributed by atoms with E-state index in [-0.39, 0.29) is 12.6 Å². The zero-order valence-electron chi connectivity index (χ0n) is 13.3. The molecule has 2 rings (SSSR count). The molecule has 0 radical (unpaired) electrons. The summed E-state index contributed by atoms with van der Waals surface area (Å²) in [6.07, 6.45) is 4.33. The molecular weight excluding hydrogens is 300 g/mol. The number of carbonyl (C=O) groups is 2. The Morgan fingerprint density at radius 2 is 2.22 bits per heavy atom. The number of aryl methyl sites for hydroxylation is 1. The fourth-order valence-electron chi connectivity index (χ4n) is 2.12. The van der Waals surface area contributed by atoms with Gasteiger partial charge >= 0.3 is 6.16 Å². The first-order chi connectivity index (χ1) is 11.2. The van der Waals surface area contributed by atoms with Crippen LogP contribution in [0.3, 0.4) is 0 Å². The summed E-state index contributed by atoms with van der Waals surface area (Å²) in [6, 6.07) is 3.22. The third-order valence-corrected chi connectivity index (χ3v) is 3.24. The van der Waals surface area contributed by atoms with E-state index in [2.05, 4.69) is 16.6 Å². The number of carbonyl (C=O) groups excluding carboxylic acids is 2. The van der Waals surface area contributed by atoms with Gasteiger partial charge < -0.3 is 18.5 Å². The number of ether oxygens (including phenoxy) is 2. The highest BCUT2D eigenvalue weighted by atomic mass is 16.8. The van der Waals surface area contributed by atoms with Gasteiger partial charge in [0.25, 0.3) is 5.95 Å². The Hall–Kier alpha value is -2.57. The lowest BCUT2D eigenvalue weighted by Crippen LogP contribution is -2.09.